The van der Waals surface area contributed by atoms with E-state index in [2.05, 4.69) is 10.3 Å². The first kappa shape index (κ1) is 10.3. The average molecular weight is 236 g/mol. The molecule has 4 heteroatoms. The van der Waals surface area contributed by atoms with Gasteiger partial charge in [0.2, 0.25) is 5.91 Å². The standard InChI is InChI=1S/C12H16N2OS/c15-11(14-12-13-3-4-16-12)7-10-6-8-1-2-9(10)5-8/h3-4,8-10H,1-2,5-7H2,(H,13,14,15)/t8-,9+,10-/m0/s1. The summed E-state index contributed by atoms with van der Waals surface area (Å²) in [5.74, 6) is 2.53. The maximum atomic E-state index is 11.8. The molecule has 3 rings (SSSR count). The Morgan fingerprint density at radius 1 is 1.50 bits per heavy atom. The predicted molar refractivity (Wildman–Crippen MR) is 64.3 cm³/mol. The minimum atomic E-state index is 0.146. The molecule has 1 aromatic rings. The zero-order valence-electron chi connectivity index (χ0n) is 9.19. The Hall–Kier alpha value is -0.900. The Morgan fingerprint density at radius 3 is 3.06 bits per heavy atom. The Bertz CT molecular complexity index is 376. The summed E-state index contributed by atoms with van der Waals surface area (Å²) in [4.78, 5) is 15.9. The number of carbonyl (C=O) groups is 1. The Balaban J connectivity index is 1.53. The number of hydrogen-bond donors (Lipinski definition) is 1. The van der Waals surface area contributed by atoms with E-state index in [4.69, 9.17) is 0 Å². The third-order valence-electron chi connectivity index (χ3n) is 4.01. The first-order valence-electron chi connectivity index (χ1n) is 6.00. The molecule has 16 heavy (non-hydrogen) atoms. The van der Waals surface area contributed by atoms with Gasteiger partial charge < -0.3 is 5.32 Å². The molecule has 2 aliphatic carbocycles. The molecule has 2 saturated carbocycles. The van der Waals surface area contributed by atoms with Crippen LogP contribution in [0.1, 0.15) is 32.1 Å². The van der Waals surface area contributed by atoms with E-state index in [1.807, 2.05) is 5.38 Å². The van der Waals surface area contributed by atoms with Gasteiger partial charge in [0.15, 0.2) is 5.13 Å². The van der Waals surface area contributed by atoms with Gasteiger partial charge in [0.1, 0.15) is 0 Å². The lowest BCUT2D eigenvalue weighted by Crippen LogP contribution is -2.20. The second kappa shape index (κ2) is 4.17. The van der Waals surface area contributed by atoms with E-state index >= 15 is 0 Å². The third kappa shape index (κ3) is 1.98. The van der Waals surface area contributed by atoms with Crippen LogP contribution in [0.4, 0.5) is 5.13 Å². The molecule has 1 amide bonds. The van der Waals surface area contributed by atoms with Crippen LogP contribution >= 0.6 is 11.3 Å². The highest BCUT2D eigenvalue weighted by atomic mass is 32.1. The first-order chi connectivity index (χ1) is 7.81. The van der Waals surface area contributed by atoms with Crippen molar-refractivity contribution in [2.75, 3.05) is 5.32 Å². The maximum absolute atomic E-state index is 11.8. The number of nitrogens with zero attached hydrogens (tertiary/aromatic N) is 1. The number of nitrogens with one attached hydrogen (secondary N) is 1. The zero-order chi connectivity index (χ0) is 11.0. The maximum Gasteiger partial charge on any atom is 0.226 e. The van der Waals surface area contributed by atoms with Crippen molar-refractivity contribution in [3.8, 4) is 0 Å². The molecule has 3 atom stereocenters. The average Bonchev–Trinajstić information content (AvgIpc) is 2.92. The van der Waals surface area contributed by atoms with Crippen molar-refractivity contribution in [2.45, 2.75) is 32.1 Å². The zero-order valence-corrected chi connectivity index (χ0v) is 10.0. The van der Waals surface area contributed by atoms with Crippen LogP contribution in [0.3, 0.4) is 0 Å². The van der Waals surface area contributed by atoms with E-state index in [1.54, 1.807) is 6.20 Å². The number of fused-ring (bicyclic) bond motifs is 2. The van der Waals surface area contributed by atoms with E-state index in [9.17, 15) is 4.79 Å². The van der Waals surface area contributed by atoms with Crippen molar-refractivity contribution in [1.82, 2.24) is 4.98 Å². The Labute approximate surface area is 99.3 Å². The smallest absolute Gasteiger partial charge is 0.226 e. The molecular weight excluding hydrogens is 220 g/mol. The van der Waals surface area contributed by atoms with Crippen LogP contribution in [0.15, 0.2) is 11.6 Å². The molecule has 0 aromatic carbocycles. The molecule has 1 aromatic heterocycles. The topological polar surface area (TPSA) is 42.0 Å². The van der Waals surface area contributed by atoms with E-state index in [1.165, 1.54) is 37.0 Å². The summed E-state index contributed by atoms with van der Waals surface area (Å²) in [5, 5.41) is 5.49. The van der Waals surface area contributed by atoms with E-state index in [-0.39, 0.29) is 5.91 Å². The van der Waals surface area contributed by atoms with Gasteiger partial charge >= 0.3 is 0 Å². The molecule has 1 heterocycles. The van der Waals surface area contributed by atoms with Gasteiger partial charge in [0.05, 0.1) is 0 Å². The monoisotopic (exact) mass is 236 g/mol. The molecule has 0 radical (unpaired) electrons. The second-order valence-electron chi connectivity index (χ2n) is 5.02. The van der Waals surface area contributed by atoms with Gasteiger partial charge in [-0.05, 0) is 37.0 Å². The van der Waals surface area contributed by atoms with Crippen molar-refractivity contribution in [1.29, 1.82) is 0 Å². The number of rotatable bonds is 3. The van der Waals surface area contributed by atoms with Gasteiger partial charge in [-0.25, -0.2) is 4.98 Å². The predicted octanol–water partition coefficient (Wildman–Crippen LogP) is 2.91. The van der Waals surface area contributed by atoms with Gasteiger partial charge in [-0.3, -0.25) is 4.79 Å². The first-order valence-corrected chi connectivity index (χ1v) is 6.88. The third-order valence-corrected chi connectivity index (χ3v) is 4.70. The molecule has 0 unspecified atom stereocenters. The number of aromatic nitrogens is 1. The van der Waals surface area contributed by atoms with Crippen LogP contribution < -0.4 is 5.32 Å². The molecule has 2 bridgehead atoms. The van der Waals surface area contributed by atoms with Crippen molar-refractivity contribution >= 4 is 22.4 Å². The van der Waals surface area contributed by atoms with Crippen molar-refractivity contribution in [3.63, 3.8) is 0 Å². The van der Waals surface area contributed by atoms with Crippen molar-refractivity contribution in [3.05, 3.63) is 11.6 Å². The highest BCUT2D eigenvalue weighted by Crippen LogP contribution is 2.49. The number of hydrogen-bond acceptors (Lipinski definition) is 3. The van der Waals surface area contributed by atoms with Gasteiger partial charge in [-0.1, -0.05) is 6.42 Å². The molecule has 1 N–H and O–H groups in total. The van der Waals surface area contributed by atoms with E-state index < -0.39 is 0 Å². The summed E-state index contributed by atoms with van der Waals surface area (Å²) < 4.78 is 0. The largest absolute Gasteiger partial charge is 0.302 e. The summed E-state index contributed by atoms with van der Waals surface area (Å²) in [6.45, 7) is 0. The fourth-order valence-electron chi connectivity index (χ4n) is 3.32. The summed E-state index contributed by atoms with van der Waals surface area (Å²) in [5.41, 5.74) is 0. The lowest BCUT2D eigenvalue weighted by atomic mass is 9.86. The highest BCUT2D eigenvalue weighted by Gasteiger charge is 2.40. The van der Waals surface area contributed by atoms with Crippen LogP contribution in [0.5, 0.6) is 0 Å². The molecule has 2 fully saturated rings. The quantitative estimate of drug-likeness (QED) is 0.876. The Kier molecular flexibility index (Phi) is 2.67. The summed E-state index contributed by atoms with van der Waals surface area (Å²) in [6, 6.07) is 0. The fourth-order valence-corrected chi connectivity index (χ4v) is 3.87. The van der Waals surface area contributed by atoms with Crippen LogP contribution in [-0.4, -0.2) is 10.9 Å². The molecular formula is C12H16N2OS. The number of carbonyl (C=O) groups excluding carboxylic acids is 1. The minimum Gasteiger partial charge on any atom is -0.302 e. The lowest BCUT2D eigenvalue weighted by molar-refractivity contribution is -0.117. The molecule has 0 aliphatic heterocycles. The number of amides is 1. The summed E-state index contributed by atoms with van der Waals surface area (Å²) in [7, 11) is 0. The molecule has 0 saturated heterocycles. The molecule has 2 aliphatic rings. The van der Waals surface area contributed by atoms with Crippen LogP contribution in [0.25, 0.3) is 0 Å². The highest BCUT2D eigenvalue weighted by molar-refractivity contribution is 7.13. The van der Waals surface area contributed by atoms with Gasteiger partial charge in [0, 0.05) is 18.0 Å². The van der Waals surface area contributed by atoms with E-state index in [0.717, 1.165) is 17.0 Å². The van der Waals surface area contributed by atoms with Crippen LogP contribution in [0, 0.1) is 17.8 Å². The second-order valence-corrected chi connectivity index (χ2v) is 5.92. The Morgan fingerprint density at radius 2 is 2.44 bits per heavy atom. The van der Waals surface area contributed by atoms with Gasteiger partial charge in [-0.2, -0.15) is 0 Å². The molecule has 0 spiro atoms. The minimum absolute atomic E-state index is 0.146. The van der Waals surface area contributed by atoms with Crippen molar-refractivity contribution < 1.29 is 4.79 Å². The van der Waals surface area contributed by atoms with Crippen molar-refractivity contribution in [2.24, 2.45) is 17.8 Å². The van der Waals surface area contributed by atoms with Crippen LogP contribution in [-0.2, 0) is 4.79 Å². The summed E-state index contributed by atoms with van der Waals surface area (Å²) in [6.07, 6.45) is 7.80. The molecule has 3 nitrogen and oxygen atoms in total. The lowest BCUT2D eigenvalue weighted by Gasteiger charge is -2.20. The van der Waals surface area contributed by atoms with E-state index in [0.29, 0.717) is 12.3 Å². The molecule has 86 valence electrons. The summed E-state index contributed by atoms with van der Waals surface area (Å²) >= 11 is 1.48. The normalized spacial score (nSPS) is 31.9. The fraction of sp³-hybridized carbons (Fsp3) is 0.667. The number of thiazole rings is 1. The van der Waals surface area contributed by atoms with Gasteiger partial charge in [0.25, 0.3) is 0 Å². The SMILES string of the molecule is O=C(C[C@@H]1C[C@H]2CC[C@@H]1C2)Nc1nccs1. The van der Waals surface area contributed by atoms with Gasteiger partial charge in [-0.15, -0.1) is 11.3 Å². The number of anilines is 1. The van der Waals surface area contributed by atoms with Crippen LogP contribution in [0.2, 0.25) is 0 Å².